The van der Waals surface area contributed by atoms with Crippen molar-refractivity contribution in [2.24, 2.45) is 0 Å². The summed E-state index contributed by atoms with van der Waals surface area (Å²) in [6, 6.07) is 14.3. The first-order valence-corrected chi connectivity index (χ1v) is 8.77. The second-order valence-electron chi connectivity index (χ2n) is 5.71. The van der Waals surface area contributed by atoms with Crippen molar-refractivity contribution in [3.8, 4) is 5.75 Å². The number of hydrogen-bond donors (Lipinski definition) is 3. The van der Waals surface area contributed by atoms with Crippen LogP contribution in [0.25, 0.3) is 0 Å². The molecular formula is C20H25N3O3. The number of hydrogen-bond acceptors (Lipinski definition) is 4. The van der Waals surface area contributed by atoms with Crippen LogP contribution in [0.3, 0.4) is 0 Å². The van der Waals surface area contributed by atoms with Crippen molar-refractivity contribution < 1.29 is 14.3 Å². The molecule has 6 heteroatoms. The molecule has 2 rings (SSSR count). The van der Waals surface area contributed by atoms with E-state index in [1.54, 1.807) is 30.3 Å². The van der Waals surface area contributed by atoms with Crippen LogP contribution in [0.4, 0.5) is 11.4 Å². The molecular weight excluding hydrogens is 330 g/mol. The van der Waals surface area contributed by atoms with E-state index < -0.39 is 0 Å². The van der Waals surface area contributed by atoms with Crippen molar-refractivity contribution in [3.63, 3.8) is 0 Å². The van der Waals surface area contributed by atoms with Gasteiger partial charge in [0.05, 0.1) is 13.2 Å². The van der Waals surface area contributed by atoms with Gasteiger partial charge in [-0.25, -0.2) is 0 Å². The molecule has 0 aliphatic carbocycles. The van der Waals surface area contributed by atoms with Gasteiger partial charge in [-0.05, 0) is 49.7 Å². The number of amides is 2. The molecule has 0 saturated carbocycles. The maximum absolute atomic E-state index is 12.1. The zero-order chi connectivity index (χ0) is 18.8. The molecule has 2 aromatic carbocycles. The van der Waals surface area contributed by atoms with E-state index in [2.05, 4.69) is 16.0 Å². The average Bonchev–Trinajstić information content (AvgIpc) is 2.65. The SMILES string of the molecule is CCCOc1cccc(NC(=O)CNc2ccc(C(=O)NCC)cc2)c1. The van der Waals surface area contributed by atoms with Crippen molar-refractivity contribution >= 4 is 23.2 Å². The van der Waals surface area contributed by atoms with Crippen molar-refractivity contribution in [3.05, 3.63) is 54.1 Å². The topological polar surface area (TPSA) is 79.5 Å². The standard InChI is InChI=1S/C20H25N3O3/c1-3-12-26-18-7-5-6-17(13-18)23-19(24)14-22-16-10-8-15(9-11-16)20(25)21-4-2/h5-11,13,22H,3-4,12,14H2,1-2H3,(H,21,25)(H,23,24). The van der Waals surface area contributed by atoms with Crippen molar-refractivity contribution in [1.29, 1.82) is 0 Å². The van der Waals surface area contributed by atoms with Gasteiger partial charge in [-0.2, -0.15) is 0 Å². The fraction of sp³-hybridized carbons (Fsp3) is 0.300. The number of ether oxygens (including phenoxy) is 1. The molecule has 26 heavy (non-hydrogen) atoms. The maximum atomic E-state index is 12.1. The number of carbonyl (C=O) groups is 2. The maximum Gasteiger partial charge on any atom is 0.251 e. The second kappa shape index (κ2) is 10.1. The lowest BCUT2D eigenvalue weighted by Gasteiger charge is -2.10. The smallest absolute Gasteiger partial charge is 0.251 e. The van der Waals surface area contributed by atoms with Gasteiger partial charge in [0.2, 0.25) is 5.91 Å². The van der Waals surface area contributed by atoms with Gasteiger partial charge in [0, 0.05) is 29.5 Å². The molecule has 0 saturated heterocycles. The highest BCUT2D eigenvalue weighted by molar-refractivity contribution is 5.95. The van der Waals surface area contributed by atoms with Gasteiger partial charge in [0.25, 0.3) is 5.91 Å². The quantitative estimate of drug-likeness (QED) is 0.645. The second-order valence-corrected chi connectivity index (χ2v) is 5.71. The summed E-state index contributed by atoms with van der Waals surface area (Å²) in [6.07, 6.45) is 0.930. The third-order valence-corrected chi connectivity index (χ3v) is 3.53. The van der Waals surface area contributed by atoms with E-state index in [1.807, 2.05) is 32.0 Å². The minimum Gasteiger partial charge on any atom is -0.494 e. The molecule has 0 fully saturated rings. The fourth-order valence-electron chi connectivity index (χ4n) is 2.27. The lowest BCUT2D eigenvalue weighted by Crippen LogP contribution is -2.23. The molecule has 0 aliphatic rings. The molecule has 0 atom stereocenters. The van der Waals surface area contributed by atoms with Gasteiger partial charge in [-0.15, -0.1) is 0 Å². The van der Waals surface area contributed by atoms with E-state index in [1.165, 1.54) is 0 Å². The Morgan fingerprint density at radius 1 is 1.00 bits per heavy atom. The van der Waals surface area contributed by atoms with E-state index in [4.69, 9.17) is 4.74 Å². The minimum atomic E-state index is -0.162. The van der Waals surface area contributed by atoms with Crippen LogP contribution in [0.2, 0.25) is 0 Å². The lowest BCUT2D eigenvalue weighted by atomic mass is 10.2. The summed E-state index contributed by atoms with van der Waals surface area (Å²) in [7, 11) is 0. The van der Waals surface area contributed by atoms with Gasteiger partial charge in [0.1, 0.15) is 5.75 Å². The Bertz CT molecular complexity index is 729. The lowest BCUT2D eigenvalue weighted by molar-refractivity contribution is -0.114. The van der Waals surface area contributed by atoms with E-state index >= 15 is 0 Å². The first-order valence-electron chi connectivity index (χ1n) is 8.77. The molecule has 0 spiro atoms. The Balaban J connectivity index is 1.84. The van der Waals surface area contributed by atoms with Crippen LogP contribution >= 0.6 is 0 Å². The van der Waals surface area contributed by atoms with E-state index in [0.29, 0.717) is 24.4 Å². The van der Waals surface area contributed by atoms with Gasteiger partial charge in [-0.3, -0.25) is 9.59 Å². The van der Waals surface area contributed by atoms with Gasteiger partial charge >= 0.3 is 0 Å². The van der Waals surface area contributed by atoms with E-state index in [-0.39, 0.29) is 18.4 Å². The first-order chi connectivity index (χ1) is 12.6. The van der Waals surface area contributed by atoms with E-state index in [0.717, 1.165) is 17.9 Å². The molecule has 0 aromatic heterocycles. The predicted octanol–water partition coefficient (Wildman–Crippen LogP) is 3.28. The molecule has 0 unspecified atom stereocenters. The third-order valence-electron chi connectivity index (χ3n) is 3.53. The van der Waals surface area contributed by atoms with Crippen LogP contribution in [-0.4, -0.2) is 31.5 Å². The minimum absolute atomic E-state index is 0.109. The van der Waals surface area contributed by atoms with Crippen LogP contribution in [0, 0.1) is 0 Å². The van der Waals surface area contributed by atoms with Crippen LogP contribution in [0.15, 0.2) is 48.5 Å². The van der Waals surface area contributed by atoms with Crippen LogP contribution in [-0.2, 0) is 4.79 Å². The number of rotatable bonds is 9. The summed E-state index contributed by atoms with van der Waals surface area (Å²) >= 11 is 0. The van der Waals surface area contributed by atoms with Crippen molar-refractivity contribution in [1.82, 2.24) is 5.32 Å². The monoisotopic (exact) mass is 355 g/mol. The summed E-state index contributed by atoms with van der Waals surface area (Å²) in [5, 5.41) is 8.61. The Kier molecular flexibility index (Phi) is 7.49. The summed E-state index contributed by atoms with van der Waals surface area (Å²) in [5.74, 6) is 0.464. The molecule has 6 nitrogen and oxygen atoms in total. The Morgan fingerprint density at radius 2 is 1.77 bits per heavy atom. The van der Waals surface area contributed by atoms with E-state index in [9.17, 15) is 9.59 Å². The summed E-state index contributed by atoms with van der Waals surface area (Å²) in [4.78, 5) is 23.8. The molecule has 0 bridgehead atoms. The zero-order valence-electron chi connectivity index (χ0n) is 15.2. The number of nitrogens with one attached hydrogen (secondary N) is 3. The molecule has 0 radical (unpaired) electrons. The van der Waals surface area contributed by atoms with Crippen molar-refractivity contribution in [2.45, 2.75) is 20.3 Å². The number of benzene rings is 2. The highest BCUT2D eigenvalue weighted by atomic mass is 16.5. The van der Waals surface area contributed by atoms with Gasteiger partial charge in [0.15, 0.2) is 0 Å². The Labute approximate surface area is 153 Å². The molecule has 138 valence electrons. The highest BCUT2D eigenvalue weighted by Gasteiger charge is 2.06. The number of anilines is 2. The Hall–Kier alpha value is -3.02. The first kappa shape index (κ1) is 19.3. The fourth-order valence-corrected chi connectivity index (χ4v) is 2.27. The Morgan fingerprint density at radius 3 is 2.46 bits per heavy atom. The molecule has 2 amide bonds. The molecule has 2 aromatic rings. The zero-order valence-corrected chi connectivity index (χ0v) is 15.2. The van der Waals surface area contributed by atoms with Crippen LogP contribution in [0.5, 0.6) is 5.75 Å². The summed E-state index contributed by atoms with van der Waals surface area (Å²) in [5.41, 5.74) is 2.05. The van der Waals surface area contributed by atoms with Gasteiger partial charge in [-0.1, -0.05) is 13.0 Å². The summed E-state index contributed by atoms with van der Waals surface area (Å²) in [6.45, 7) is 5.27. The van der Waals surface area contributed by atoms with Crippen molar-refractivity contribution in [2.75, 3.05) is 30.3 Å². The van der Waals surface area contributed by atoms with Crippen LogP contribution < -0.4 is 20.7 Å². The predicted molar refractivity (Wildman–Crippen MR) is 104 cm³/mol. The molecule has 3 N–H and O–H groups in total. The molecule has 0 aliphatic heterocycles. The largest absolute Gasteiger partial charge is 0.494 e. The third kappa shape index (κ3) is 6.12. The molecule has 0 heterocycles. The van der Waals surface area contributed by atoms with Crippen LogP contribution in [0.1, 0.15) is 30.6 Å². The number of carbonyl (C=O) groups excluding carboxylic acids is 2. The normalized spacial score (nSPS) is 10.1. The summed E-state index contributed by atoms with van der Waals surface area (Å²) < 4.78 is 5.55. The van der Waals surface area contributed by atoms with Gasteiger partial charge < -0.3 is 20.7 Å². The highest BCUT2D eigenvalue weighted by Crippen LogP contribution is 2.17. The average molecular weight is 355 g/mol.